The van der Waals surface area contributed by atoms with Crippen LogP contribution >= 0.6 is 0 Å². The molecule has 5 heteroatoms. The summed E-state index contributed by atoms with van der Waals surface area (Å²) in [5.41, 5.74) is 5.51. The molecule has 0 saturated heterocycles. The molecule has 0 saturated carbocycles. The molecular weight excluding hydrogens is 192 g/mol. The van der Waals surface area contributed by atoms with Crippen LogP contribution in [0.1, 0.15) is 13.3 Å². The molecule has 5 nitrogen and oxygen atoms in total. The molecule has 0 fully saturated rings. The lowest BCUT2D eigenvalue weighted by atomic mass is 10.2. The van der Waals surface area contributed by atoms with Gasteiger partial charge in [-0.25, -0.2) is 4.98 Å². The van der Waals surface area contributed by atoms with Crippen molar-refractivity contribution in [2.75, 3.05) is 25.6 Å². The molecule has 84 valence electrons. The molecule has 1 aromatic rings. The Balaban J connectivity index is 2.76. The summed E-state index contributed by atoms with van der Waals surface area (Å²) >= 11 is 0. The summed E-state index contributed by atoms with van der Waals surface area (Å²) in [5.74, 6) is 1.24. The first kappa shape index (κ1) is 11.7. The SMILES string of the molecule is COc1ccnc(N(C)C(C)CCN)n1. The summed E-state index contributed by atoms with van der Waals surface area (Å²) < 4.78 is 5.04. The Hall–Kier alpha value is -1.36. The maximum Gasteiger partial charge on any atom is 0.228 e. The molecule has 1 aromatic heterocycles. The lowest BCUT2D eigenvalue weighted by Crippen LogP contribution is -2.32. The van der Waals surface area contributed by atoms with E-state index in [0.717, 1.165) is 6.42 Å². The highest BCUT2D eigenvalue weighted by Gasteiger charge is 2.11. The van der Waals surface area contributed by atoms with Gasteiger partial charge in [-0.2, -0.15) is 4.98 Å². The van der Waals surface area contributed by atoms with E-state index in [4.69, 9.17) is 10.5 Å². The largest absolute Gasteiger partial charge is 0.481 e. The van der Waals surface area contributed by atoms with Crippen LogP contribution in [0.15, 0.2) is 12.3 Å². The van der Waals surface area contributed by atoms with Gasteiger partial charge < -0.3 is 15.4 Å². The maximum atomic E-state index is 5.51. The number of ether oxygens (including phenoxy) is 1. The normalized spacial score (nSPS) is 12.3. The van der Waals surface area contributed by atoms with Crippen LogP contribution in [-0.4, -0.2) is 36.7 Å². The lowest BCUT2D eigenvalue weighted by Gasteiger charge is -2.24. The molecule has 0 aliphatic rings. The van der Waals surface area contributed by atoms with Gasteiger partial charge in [-0.15, -0.1) is 0 Å². The van der Waals surface area contributed by atoms with Gasteiger partial charge in [-0.05, 0) is 19.9 Å². The molecule has 1 atom stereocenters. The first-order valence-corrected chi connectivity index (χ1v) is 4.99. The number of hydrogen-bond donors (Lipinski definition) is 1. The molecule has 1 rings (SSSR count). The second kappa shape index (κ2) is 5.50. The Morgan fingerprint density at radius 2 is 2.33 bits per heavy atom. The van der Waals surface area contributed by atoms with Crippen molar-refractivity contribution in [2.45, 2.75) is 19.4 Å². The molecule has 0 spiro atoms. The van der Waals surface area contributed by atoms with Crippen LogP contribution in [0.2, 0.25) is 0 Å². The van der Waals surface area contributed by atoms with Gasteiger partial charge in [0.2, 0.25) is 11.8 Å². The summed E-state index contributed by atoms with van der Waals surface area (Å²) in [7, 11) is 3.55. The topological polar surface area (TPSA) is 64.3 Å². The van der Waals surface area contributed by atoms with Crippen molar-refractivity contribution in [3.63, 3.8) is 0 Å². The molecule has 0 aliphatic heterocycles. The van der Waals surface area contributed by atoms with Crippen molar-refractivity contribution < 1.29 is 4.74 Å². The van der Waals surface area contributed by atoms with Gasteiger partial charge in [0.1, 0.15) is 0 Å². The number of nitrogens with two attached hydrogens (primary N) is 1. The zero-order valence-electron chi connectivity index (χ0n) is 9.47. The van der Waals surface area contributed by atoms with E-state index in [-0.39, 0.29) is 0 Å². The fraction of sp³-hybridized carbons (Fsp3) is 0.600. The molecule has 1 unspecified atom stereocenters. The van der Waals surface area contributed by atoms with Gasteiger partial charge in [0.05, 0.1) is 7.11 Å². The van der Waals surface area contributed by atoms with E-state index in [9.17, 15) is 0 Å². The predicted molar refractivity (Wildman–Crippen MR) is 60.1 cm³/mol. The molecule has 0 aromatic carbocycles. The average Bonchev–Trinajstić information content (AvgIpc) is 2.28. The van der Waals surface area contributed by atoms with E-state index >= 15 is 0 Å². The van der Waals surface area contributed by atoms with Crippen LogP contribution in [0.3, 0.4) is 0 Å². The van der Waals surface area contributed by atoms with Crippen molar-refractivity contribution >= 4 is 5.95 Å². The zero-order chi connectivity index (χ0) is 11.3. The third-order valence-electron chi connectivity index (χ3n) is 2.39. The van der Waals surface area contributed by atoms with E-state index in [1.165, 1.54) is 0 Å². The number of methoxy groups -OCH3 is 1. The highest BCUT2D eigenvalue weighted by Crippen LogP contribution is 2.13. The molecule has 15 heavy (non-hydrogen) atoms. The fourth-order valence-electron chi connectivity index (χ4n) is 1.25. The molecule has 0 bridgehead atoms. The second-order valence-electron chi connectivity index (χ2n) is 3.44. The van der Waals surface area contributed by atoms with Crippen LogP contribution in [0.4, 0.5) is 5.95 Å². The van der Waals surface area contributed by atoms with Crippen molar-refractivity contribution in [3.8, 4) is 5.88 Å². The van der Waals surface area contributed by atoms with Gasteiger partial charge >= 0.3 is 0 Å². The van der Waals surface area contributed by atoms with Crippen LogP contribution < -0.4 is 15.4 Å². The summed E-state index contributed by atoms with van der Waals surface area (Å²) in [6.07, 6.45) is 2.60. The Labute approximate surface area is 90.3 Å². The van der Waals surface area contributed by atoms with Crippen LogP contribution in [0.5, 0.6) is 5.88 Å². The third kappa shape index (κ3) is 3.06. The quantitative estimate of drug-likeness (QED) is 0.773. The maximum absolute atomic E-state index is 5.51. The minimum Gasteiger partial charge on any atom is -0.481 e. The second-order valence-corrected chi connectivity index (χ2v) is 3.44. The Bertz CT molecular complexity index is 305. The van der Waals surface area contributed by atoms with E-state index in [1.807, 2.05) is 11.9 Å². The summed E-state index contributed by atoms with van der Waals surface area (Å²) in [5, 5.41) is 0. The molecule has 2 N–H and O–H groups in total. The van der Waals surface area contributed by atoms with Crippen molar-refractivity contribution in [1.82, 2.24) is 9.97 Å². The van der Waals surface area contributed by atoms with E-state index < -0.39 is 0 Å². The van der Waals surface area contributed by atoms with Crippen molar-refractivity contribution in [2.24, 2.45) is 5.73 Å². The fourth-order valence-corrected chi connectivity index (χ4v) is 1.25. The Morgan fingerprint density at radius 1 is 1.60 bits per heavy atom. The number of hydrogen-bond acceptors (Lipinski definition) is 5. The molecule has 0 amide bonds. The van der Waals surface area contributed by atoms with Crippen LogP contribution in [0.25, 0.3) is 0 Å². The number of nitrogens with zero attached hydrogens (tertiary/aromatic N) is 3. The van der Waals surface area contributed by atoms with Gasteiger partial charge in [0.25, 0.3) is 0 Å². The highest BCUT2D eigenvalue weighted by atomic mass is 16.5. The minimum absolute atomic E-state index is 0.321. The Morgan fingerprint density at radius 3 is 2.93 bits per heavy atom. The van der Waals surface area contributed by atoms with E-state index in [2.05, 4.69) is 16.9 Å². The summed E-state index contributed by atoms with van der Waals surface area (Å²) in [6.45, 7) is 2.76. The van der Waals surface area contributed by atoms with Gasteiger partial charge in [0.15, 0.2) is 0 Å². The van der Waals surface area contributed by atoms with Gasteiger partial charge in [-0.3, -0.25) is 0 Å². The lowest BCUT2D eigenvalue weighted by molar-refractivity contribution is 0.396. The summed E-state index contributed by atoms with van der Waals surface area (Å²) in [6, 6.07) is 2.05. The van der Waals surface area contributed by atoms with Gasteiger partial charge in [-0.1, -0.05) is 0 Å². The van der Waals surface area contributed by atoms with Crippen LogP contribution in [-0.2, 0) is 0 Å². The molecule has 0 aliphatic carbocycles. The monoisotopic (exact) mass is 210 g/mol. The first-order chi connectivity index (χ1) is 7.19. The van der Waals surface area contributed by atoms with Crippen LogP contribution in [0, 0.1) is 0 Å². The smallest absolute Gasteiger partial charge is 0.228 e. The van der Waals surface area contributed by atoms with Crippen molar-refractivity contribution in [3.05, 3.63) is 12.3 Å². The Kier molecular flexibility index (Phi) is 4.30. The summed E-state index contributed by atoms with van der Waals surface area (Å²) in [4.78, 5) is 10.4. The zero-order valence-corrected chi connectivity index (χ0v) is 9.47. The first-order valence-electron chi connectivity index (χ1n) is 4.99. The molecule has 0 radical (unpaired) electrons. The van der Waals surface area contributed by atoms with Gasteiger partial charge in [0, 0.05) is 25.4 Å². The van der Waals surface area contributed by atoms with E-state index in [0.29, 0.717) is 24.4 Å². The third-order valence-corrected chi connectivity index (χ3v) is 2.39. The molecular formula is C10H18N4O. The number of rotatable bonds is 5. The standard InChI is InChI=1S/C10H18N4O/c1-8(4-6-11)14(2)10-12-7-5-9(13-10)15-3/h5,7-8H,4,6,11H2,1-3H3. The number of aromatic nitrogens is 2. The highest BCUT2D eigenvalue weighted by molar-refractivity contribution is 5.31. The predicted octanol–water partition coefficient (Wildman–Crippen LogP) is 0.659. The molecule has 1 heterocycles. The van der Waals surface area contributed by atoms with Crippen molar-refractivity contribution in [1.29, 1.82) is 0 Å². The average molecular weight is 210 g/mol. The van der Waals surface area contributed by atoms with E-state index in [1.54, 1.807) is 19.4 Å². The number of anilines is 1. The minimum atomic E-state index is 0.321.